The van der Waals surface area contributed by atoms with Gasteiger partial charge in [0.25, 0.3) is 0 Å². The zero-order valence-corrected chi connectivity index (χ0v) is 26.3. The van der Waals surface area contributed by atoms with Crippen molar-refractivity contribution in [3.63, 3.8) is 0 Å². The van der Waals surface area contributed by atoms with Gasteiger partial charge in [-0.1, -0.05) is 107 Å². The predicted molar refractivity (Wildman–Crippen MR) is 176 cm³/mol. The molecule has 216 valence electrons. The van der Waals surface area contributed by atoms with Crippen LogP contribution in [0.5, 0.6) is 0 Å². The largest absolute Gasteiger partial charge is 0.385 e. The number of unbranched alkanes of at least 4 members (excludes halogenated alkanes) is 1. The molecule has 3 nitrogen and oxygen atoms in total. The first-order chi connectivity index (χ1) is 20.0. The lowest BCUT2D eigenvalue weighted by atomic mass is 9.72. The molecule has 1 unspecified atom stereocenters. The molecule has 1 fully saturated rings. The summed E-state index contributed by atoms with van der Waals surface area (Å²) in [6.45, 7) is 6.96. The topological polar surface area (TPSA) is 41.5 Å². The van der Waals surface area contributed by atoms with Crippen LogP contribution in [0.4, 0.5) is 0 Å². The molecule has 1 aliphatic heterocycles. The molecule has 4 heteroatoms. The molecule has 0 saturated carbocycles. The van der Waals surface area contributed by atoms with E-state index in [1.54, 1.807) is 7.11 Å². The average molecular weight is 615 g/mol. The van der Waals surface area contributed by atoms with Gasteiger partial charge in [0.2, 0.25) is 0 Å². The molecule has 2 atom stereocenters. The molecule has 0 aromatic heterocycles. The summed E-state index contributed by atoms with van der Waals surface area (Å²) in [6.07, 6.45) is 4.90. The molecule has 0 aliphatic carbocycles. The second-order valence-electron chi connectivity index (χ2n) is 11.1. The van der Waals surface area contributed by atoms with Crippen molar-refractivity contribution in [3.05, 3.63) is 118 Å². The Bertz CT molecular complexity index is 1340. The Morgan fingerprint density at radius 3 is 1.93 bits per heavy atom. The number of nitrogens with one attached hydrogen (secondary N) is 1. The molecule has 1 heterocycles. The van der Waals surface area contributed by atoms with Crippen LogP contribution in [0.2, 0.25) is 0 Å². The summed E-state index contributed by atoms with van der Waals surface area (Å²) in [4.78, 5) is 0. The highest BCUT2D eigenvalue weighted by molar-refractivity contribution is 9.10. The van der Waals surface area contributed by atoms with Gasteiger partial charge in [-0.15, -0.1) is 0 Å². The van der Waals surface area contributed by atoms with Crippen LogP contribution in [0.1, 0.15) is 48.8 Å². The van der Waals surface area contributed by atoms with Crippen molar-refractivity contribution in [2.75, 3.05) is 26.8 Å². The number of ether oxygens (including phenoxy) is 1. The Morgan fingerprint density at radius 1 is 0.780 bits per heavy atom. The van der Waals surface area contributed by atoms with E-state index in [2.05, 4.69) is 126 Å². The van der Waals surface area contributed by atoms with Gasteiger partial charge in [-0.3, -0.25) is 0 Å². The number of hydrogen-bond donors (Lipinski definition) is 2. The number of aliphatic hydroxyl groups is 1. The first-order valence-corrected chi connectivity index (χ1v) is 15.6. The second-order valence-corrected chi connectivity index (χ2v) is 11.9. The maximum atomic E-state index is 12.1. The molecule has 1 aliphatic rings. The fourth-order valence-electron chi connectivity index (χ4n) is 5.98. The van der Waals surface area contributed by atoms with Gasteiger partial charge in [-0.2, -0.15) is 0 Å². The molecule has 1 saturated heterocycles. The minimum atomic E-state index is -0.819. The van der Waals surface area contributed by atoms with Crippen LogP contribution >= 0.6 is 15.9 Å². The molecule has 41 heavy (non-hydrogen) atoms. The Hall–Kier alpha value is -2.76. The molecule has 0 radical (unpaired) electrons. The van der Waals surface area contributed by atoms with Crippen LogP contribution in [0.15, 0.2) is 102 Å². The Labute approximate surface area is 255 Å². The molecular formula is C37H44BrNO2. The van der Waals surface area contributed by atoms with E-state index in [1.807, 2.05) is 6.07 Å². The Kier molecular flexibility index (Phi) is 11.8. The number of piperidine rings is 1. The van der Waals surface area contributed by atoms with Gasteiger partial charge in [0, 0.05) is 30.7 Å². The van der Waals surface area contributed by atoms with Gasteiger partial charge in [-0.05, 0) is 97.5 Å². The average Bonchev–Trinajstić information content (AvgIpc) is 3.01. The van der Waals surface area contributed by atoms with E-state index in [0.29, 0.717) is 0 Å². The quantitative estimate of drug-likeness (QED) is 0.185. The lowest BCUT2D eigenvalue weighted by Gasteiger charge is -2.40. The number of methoxy groups -OCH3 is 1. The third-order valence-corrected chi connectivity index (χ3v) is 8.96. The van der Waals surface area contributed by atoms with Gasteiger partial charge in [-0.25, -0.2) is 0 Å². The van der Waals surface area contributed by atoms with Crippen LogP contribution in [-0.4, -0.2) is 31.9 Å². The Morgan fingerprint density at radius 2 is 1.34 bits per heavy atom. The normalized spacial score (nSPS) is 16.4. The highest BCUT2D eigenvalue weighted by Gasteiger charge is 2.40. The van der Waals surface area contributed by atoms with Crippen LogP contribution in [0, 0.1) is 19.8 Å². The molecule has 2 N–H and O–H groups in total. The summed E-state index contributed by atoms with van der Waals surface area (Å²) in [5, 5.41) is 15.6. The zero-order chi connectivity index (χ0) is 29.1. The van der Waals surface area contributed by atoms with Crippen LogP contribution in [-0.2, 0) is 10.3 Å². The van der Waals surface area contributed by atoms with Gasteiger partial charge in [0.1, 0.15) is 0 Å². The standard InChI is InChI=1S/C24H33NO2.C13H11Br/c1-19-10-3-4-12-21(19)22-13-5-6-14-23(22)24(26,15-7-8-17-27-2)20-11-9-16-25-18-20;1-10-6-2-3-7-11(10)12-8-4-5-9-13(12)14/h3-6,10,12-14,20,25-26H,7-9,11,15-18H2,1-2H3;2-9H,1H3/t20?,24-;/m0./s1. The lowest BCUT2D eigenvalue weighted by Crippen LogP contribution is -2.44. The van der Waals surface area contributed by atoms with E-state index >= 15 is 0 Å². The van der Waals surface area contributed by atoms with Crippen molar-refractivity contribution < 1.29 is 9.84 Å². The predicted octanol–water partition coefficient (Wildman–Crippen LogP) is 9.09. The third-order valence-electron chi connectivity index (χ3n) is 8.27. The first kappa shape index (κ1) is 31.2. The fourth-order valence-corrected chi connectivity index (χ4v) is 6.48. The van der Waals surface area contributed by atoms with Crippen molar-refractivity contribution in [1.82, 2.24) is 5.32 Å². The van der Waals surface area contributed by atoms with Crippen molar-refractivity contribution in [2.45, 2.75) is 51.6 Å². The highest BCUT2D eigenvalue weighted by Crippen LogP contribution is 2.43. The lowest BCUT2D eigenvalue weighted by molar-refractivity contribution is -0.0429. The summed E-state index contributed by atoms with van der Waals surface area (Å²) in [5.41, 5.74) is 7.73. The molecule has 0 amide bonds. The van der Waals surface area contributed by atoms with Crippen molar-refractivity contribution in [1.29, 1.82) is 0 Å². The summed E-state index contributed by atoms with van der Waals surface area (Å²) in [7, 11) is 1.74. The first-order valence-electron chi connectivity index (χ1n) is 14.8. The van der Waals surface area contributed by atoms with Gasteiger partial charge >= 0.3 is 0 Å². The number of hydrogen-bond acceptors (Lipinski definition) is 3. The number of rotatable bonds is 9. The van der Waals surface area contributed by atoms with Crippen LogP contribution in [0.25, 0.3) is 22.3 Å². The molecule has 0 spiro atoms. The Balaban J connectivity index is 0.000000231. The monoisotopic (exact) mass is 613 g/mol. The van der Waals surface area contributed by atoms with Crippen LogP contribution < -0.4 is 5.32 Å². The molecular weight excluding hydrogens is 570 g/mol. The van der Waals surface area contributed by atoms with Gasteiger partial charge in [0.15, 0.2) is 0 Å². The highest BCUT2D eigenvalue weighted by atomic mass is 79.9. The van der Waals surface area contributed by atoms with E-state index < -0.39 is 5.60 Å². The van der Waals surface area contributed by atoms with E-state index in [4.69, 9.17) is 4.74 Å². The summed E-state index contributed by atoms with van der Waals surface area (Å²) in [5.74, 6) is 0.235. The summed E-state index contributed by atoms with van der Waals surface area (Å²) in [6, 6.07) is 33.6. The van der Waals surface area contributed by atoms with Crippen molar-refractivity contribution in [2.24, 2.45) is 5.92 Å². The summed E-state index contributed by atoms with van der Waals surface area (Å²) < 4.78 is 6.37. The van der Waals surface area contributed by atoms with E-state index in [1.165, 1.54) is 27.8 Å². The minimum Gasteiger partial charge on any atom is -0.385 e. The SMILES string of the molecule is COCCCC[C@@](O)(c1ccccc1-c1ccccc1C)C1CCCNC1.Cc1ccccc1-c1ccccc1Br. The van der Waals surface area contributed by atoms with Crippen molar-refractivity contribution >= 4 is 15.9 Å². The number of aryl methyl sites for hydroxylation is 2. The maximum Gasteiger partial charge on any atom is 0.0942 e. The molecule has 0 bridgehead atoms. The maximum absolute atomic E-state index is 12.1. The zero-order valence-electron chi connectivity index (χ0n) is 24.7. The van der Waals surface area contributed by atoms with E-state index in [9.17, 15) is 5.11 Å². The third kappa shape index (κ3) is 7.96. The smallest absolute Gasteiger partial charge is 0.0942 e. The van der Waals surface area contributed by atoms with Crippen LogP contribution in [0.3, 0.4) is 0 Å². The van der Waals surface area contributed by atoms with Gasteiger partial charge < -0.3 is 15.2 Å². The molecule has 4 aromatic carbocycles. The molecule has 4 aromatic rings. The summed E-state index contributed by atoms with van der Waals surface area (Å²) >= 11 is 3.57. The fraction of sp³-hybridized carbons (Fsp3) is 0.351. The van der Waals surface area contributed by atoms with E-state index in [0.717, 1.165) is 67.4 Å². The molecule has 5 rings (SSSR count). The second kappa shape index (κ2) is 15.5. The number of benzene rings is 4. The number of halogens is 1. The minimum absolute atomic E-state index is 0.235. The van der Waals surface area contributed by atoms with Gasteiger partial charge in [0.05, 0.1) is 5.60 Å². The van der Waals surface area contributed by atoms with Crippen molar-refractivity contribution in [3.8, 4) is 22.3 Å². The van der Waals surface area contributed by atoms with E-state index in [-0.39, 0.29) is 5.92 Å².